The van der Waals surface area contributed by atoms with Crippen LogP contribution in [0.2, 0.25) is 0 Å². The van der Waals surface area contributed by atoms with E-state index >= 15 is 0 Å². The van der Waals surface area contributed by atoms with Gasteiger partial charge in [-0.3, -0.25) is 4.99 Å². The van der Waals surface area contributed by atoms with Crippen LogP contribution in [0.15, 0.2) is 16.3 Å². The third-order valence-corrected chi connectivity index (χ3v) is 2.11. The average Bonchev–Trinajstić information content (AvgIpc) is 2.11. The van der Waals surface area contributed by atoms with Crippen LogP contribution in [0.4, 0.5) is 0 Å². The average molecular weight is 183 g/mol. The number of hydrogen-bond acceptors (Lipinski definition) is 3. The standard InChI is InChI=1S/C10H21N3/c1-8(9(2)11-3)10(12-4)7-13(5)6/h11H,7H2,1-6H3/b9-8+,12-10-. The number of aliphatic imine (C=N–C) groups is 1. The Morgan fingerprint density at radius 3 is 2.15 bits per heavy atom. The first-order valence-electron chi connectivity index (χ1n) is 4.49. The maximum absolute atomic E-state index is 4.27. The number of nitrogens with zero attached hydrogens (tertiary/aromatic N) is 2. The van der Waals surface area contributed by atoms with Crippen LogP contribution in [0.5, 0.6) is 0 Å². The van der Waals surface area contributed by atoms with E-state index in [0.717, 1.165) is 12.3 Å². The van der Waals surface area contributed by atoms with Gasteiger partial charge in [-0.1, -0.05) is 0 Å². The van der Waals surface area contributed by atoms with E-state index in [1.807, 2.05) is 28.2 Å². The molecular weight excluding hydrogens is 162 g/mol. The van der Waals surface area contributed by atoms with Gasteiger partial charge in [0.15, 0.2) is 0 Å². The van der Waals surface area contributed by atoms with E-state index in [4.69, 9.17) is 0 Å². The van der Waals surface area contributed by atoms with E-state index in [2.05, 4.69) is 29.1 Å². The monoisotopic (exact) mass is 183 g/mol. The summed E-state index contributed by atoms with van der Waals surface area (Å²) in [5.74, 6) is 0. The summed E-state index contributed by atoms with van der Waals surface area (Å²) in [5.41, 5.74) is 3.55. The van der Waals surface area contributed by atoms with Crippen molar-refractivity contribution < 1.29 is 0 Å². The van der Waals surface area contributed by atoms with Crippen molar-refractivity contribution in [1.29, 1.82) is 0 Å². The molecule has 1 N–H and O–H groups in total. The molecule has 0 aromatic heterocycles. The molecule has 0 saturated heterocycles. The number of nitrogens with one attached hydrogen (secondary N) is 1. The van der Waals surface area contributed by atoms with E-state index in [9.17, 15) is 0 Å². The lowest BCUT2D eigenvalue weighted by Gasteiger charge is -2.14. The van der Waals surface area contributed by atoms with Crippen molar-refractivity contribution in [1.82, 2.24) is 10.2 Å². The number of allylic oxidation sites excluding steroid dienone is 1. The Morgan fingerprint density at radius 1 is 1.31 bits per heavy atom. The van der Waals surface area contributed by atoms with E-state index in [1.165, 1.54) is 11.3 Å². The minimum atomic E-state index is 0.890. The quantitative estimate of drug-likeness (QED) is 0.662. The molecule has 13 heavy (non-hydrogen) atoms. The van der Waals surface area contributed by atoms with Gasteiger partial charge in [0, 0.05) is 26.3 Å². The van der Waals surface area contributed by atoms with Crippen LogP contribution in [0.1, 0.15) is 13.8 Å². The highest BCUT2D eigenvalue weighted by Gasteiger charge is 2.05. The van der Waals surface area contributed by atoms with Crippen LogP contribution < -0.4 is 5.32 Å². The van der Waals surface area contributed by atoms with E-state index in [-0.39, 0.29) is 0 Å². The van der Waals surface area contributed by atoms with Gasteiger partial charge in [-0.2, -0.15) is 0 Å². The van der Waals surface area contributed by atoms with Crippen molar-refractivity contribution in [2.75, 3.05) is 34.7 Å². The SMILES string of the molecule is C/N=C(CN(C)C)\C(C)=C(/C)NC. The zero-order valence-corrected chi connectivity index (χ0v) is 9.60. The molecule has 0 aliphatic rings. The highest BCUT2D eigenvalue weighted by atomic mass is 15.1. The third-order valence-electron chi connectivity index (χ3n) is 2.11. The molecule has 0 aromatic carbocycles. The predicted octanol–water partition coefficient (Wildman–Crippen LogP) is 1.13. The molecule has 0 saturated carbocycles. The zero-order valence-electron chi connectivity index (χ0n) is 9.60. The molecule has 3 nitrogen and oxygen atoms in total. The summed E-state index contributed by atoms with van der Waals surface area (Å²) in [5, 5.41) is 3.13. The first kappa shape index (κ1) is 12.2. The highest BCUT2D eigenvalue weighted by molar-refractivity contribution is 6.01. The lowest BCUT2D eigenvalue weighted by molar-refractivity contribution is 0.469. The van der Waals surface area contributed by atoms with Crippen LogP contribution in [-0.4, -0.2) is 45.3 Å². The molecule has 0 atom stereocenters. The normalized spacial score (nSPS) is 14.5. The molecule has 0 aliphatic carbocycles. The highest BCUT2D eigenvalue weighted by Crippen LogP contribution is 2.03. The van der Waals surface area contributed by atoms with Gasteiger partial charge in [-0.25, -0.2) is 0 Å². The molecule has 0 fully saturated rings. The second-order valence-electron chi connectivity index (χ2n) is 3.41. The maximum Gasteiger partial charge on any atom is 0.0531 e. The van der Waals surface area contributed by atoms with Gasteiger partial charge in [-0.15, -0.1) is 0 Å². The Labute approximate surface area is 81.5 Å². The maximum atomic E-state index is 4.27. The van der Waals surface area contributed by atoms with Gasteiger partial charge < -0.3 is 10.2 Å². The van der Waals surface area contributed by atoms with Crippen LogP contribution in [0.3, 0.4) is 0 Å². The van der Waals surface area contributed by atoms with Gasteiger partial charge in [0.1, 0.15) is 0 Å². The Balaban J connectivity index is 4.61. The van der Waals surface area contributed by atoms with Crippen LogP contribution >= 0.6 is 0 Å². The van der Waals surface area contributed by atoms with Gasteiger partial charge in [0.2, 0.25) is 0 Å². The molecule has 0 spiro atoms. The number of rotatable bonds is 4. The van der Waals surface area contributed by atoms with Gasteiger partial charge >= 0.3 is 0 Å². The Kier molecular flexibility index (Phi) is 5.39. The minimum Gasteiger partial charge on any atom is -0.391 e. The molecule has 3 heteroatoms. The van der Waals surface area contributed by atoms with Crippen molar-refractivity contribution in [3.8, 4) is 0 Å². The van der Waals surface area contributed by atoms with Crippen LogP contribution in [-0.2, 0) is 0 Å². The van der Waals surface area contributed by atoms with Crippen LogP contribution in [0, 0.1) is 0 Å². The fourth-order valence-corrected chi connectivity index (χ4v) is 1.06. The van der Waals surface area contributed by atoms with Crippen molar-refractivity contribution in [2.45, 2.75) is 13.8 Å². The molecule has 0 aliphatic heterocycles. The summed E-state index contributed by atoms with van der Waals surface area (Å²) in [7, 11) is 7.87. The molecule has 0 amide bonds. The number of hydrogen-bond donors (Lipinski definition) is 1. The predicted molar refractivity (Wildman–Crippen MR) is 59.3 cm³/mol. The fraction of sp³-hybridized carbons (Fsp3) is 0.700. The third kappa shape index (κ3) is 4.08. The first-order chi connectivity index (χ1) is 6.02. The van der Waals surface area contributed by atoms with Crippen LogP contribution in [0.25, 0.3) is 0 Å². The summed E-state index contributed by atoms with van der Waals surface area (Å²) in [6, 6.07) is 0. The lowest BCUT2D eigenvalue weighted by Crippen LogP contribution is -2.24. The summed E-state index contributed by atoms with van der Waals surface area (Å²) < 4.78 is 0. The molecule has 0 unspecified atom stereocenters. The van der Waals surface area contributed by atoms with E-state index in [0.29, 0.717) is 0 Å². The fourth-order valence-electron chi connectivity index (χ4n) is 1.06. The molecule has 76 valence electrons. The largest absolute Gasteiger partial charge is 0.391 e. The van der Waals surface area contributed by atoms with Crippen molar-refractivity contribution in [3.05, 3.63) is 11.3 Å². The summed E-state index contributed by atoms with van der Waals surface area (Å²) >= 11 is 0. The second kappa shape index (κ2) is 5.75. The second-order valence-corrected chi connectivity index (χ2v) is 3.41. The Bertz CT molecular complexity index is 214. The topological polar surface area (TPSA) is 27.6 Å². The first-order valence-corrected chi connectivity index (χ1v) is 4.49. The Morgan fingerprint density at radius 2 is 1.85 bits per heavy atom. The Hall–Kier alpha value is -0.830. The summed E-state index contributed by atoms with van der Waals surface area (Å²) in [6.45, 7) is 5.05. The molecular formula is C10H21N3. The lowest BCUT2D eigenvalue weighted by atomic mass is 10.1. The zero-order chi connectivity index (χ0) is 10.4. The molecule has 0 aromatic rings. The van der Waals surface area contributed by atoms with Gasteiger partial charge in [0.25, 0.3) is 0 Å². The molecule has 0 radical (unpaired) electrons. The van der Waals surface area contributed by atoms with Gasteiger partial charge in [0.05, 0.1) is 5.71 Å². The van der Waals surface area contributed by atoms with E-state index < -0.39 is 0 Å². The minimum absolute atomic E-state index is 0.890. The van der Waals surface area contributed by atoms with Gasteiger partial charge in [-0.05, 0) is 33.5 Å². The molecule has 0 heterocycles. The van der Waals surface area contributed by atoms with Crippen molar-refractivity contribution in [2.24, 2.45) is 4.99 Å². The van der Waals surface area contributed by atoms with Crippen molar-refractivity contribution >= 4 is 5.71 Å². The summed E-state index contributed by atoms with van der Waals surface area (Å²) in [4.78, 5) is 6.39. The van der Waals surface area contributed by atoms with E-state index in [1.54, 1.807) is 0 Å². The van der Waals surface area contributed by atoms with Crippen molar-refractivity contribution in [3.63, 3.8) is 0 Å². The summed E-state index contributed by atoms with van der Waals surface area (Å²) in [6.07, 6.45) is 0. The molecule has 0 rings (SSSR count). The smallest absolute Gasteiger partial charge is 0.0531 e. The molecule has 0 bridgehead atoms.